The predicted octanol–water partition coefficient (Wildman–Crippen LogP) is 6.87. The molecule has 166 valence electrons. The van der Waals surface area contributed by atoms with Crippen molar-refractivity contribution in [2.75, 3.05) is 6.61 Å². The number of fused-ring (bicyclic) bond motifs is 1. The Bertz CT molecular complexity index is 1180. The van der Waals surface area contributed by atoms with Crippen LogP contribution in [0.15, 0.2) is 48.5 Å². The third kappa shape index (κ3) is 4.17. The molecule has 0 bridgehead atoms. The second kappa shape index (κ2) is 8.26. The van der Waals surface area contributed by atoms with Crippen molar-refractivity contribution >= 4 is 11.6 Å². The first-order chi connectivity index (χ1) is 15.2. The van der Waals surface area contributed by atoms with Gasteiger partial charge in [0.15, 0.2) is 11.6 Å². The second-order valence-electron chi connectivity index (χ2n) is 7.15. The molecule has 0 unspecified atom stereocenters. The van der Waals surface area contributed by atoms with Gasteiger partial charge in [-0.3, -0.25) is 0 Å². The largest absolute Gasteiger partial charge is 0.494 e. The molecule has 0 amide bonds. The fourth-order valence-corrected chi connectivity index (χ4v) is 3.52. The number of hydrogen-bond acceptors (Lipinski definition) is 2. The van der Waals surface area contributed by atoms with Gasteiger partial charge in [0.2, 0.25) is 0 Å². The normalized spacial score (nSPS) is 13.0. The van der Waals surface area contributed by atoms with Crippen LogP contribution in [0.25, 0.3) is 11.6 Å². The minimum Gasteiger partial charge on any atom is -0.494 e. The van der Waals surface area contributed by atoms with Gasteiger partial charge < -0.3 is 9.47 Å². The summed E-state index contributed by atoms with van der Waals surface area (Å²) in [5.74, 6) is -4.43. The molecule has 0 aliphatic heterocycles. The van der Waals surface area contributed by atoms with Gasteiger partial charge in [0.1, 0.15) is 23.1 Å². The molecule has 0 aromatic heterocycles. The van der Waals surface area contributed by atoms with E-state index >= 15 is 0 Å². The predicted molar refractivity (Wildman–Crippen MR) is 106 cm³/mol. The van der Waals surface area contributed by atoms with Crippen molar-refractivity contribution in [3.63, 3.8) is 0 Å². The fraction of sp³-hybridized carbons (Fsp3) is 0.167. The zero-order valence-electron chi connectivity index (χ0n) is 16.7. The van der Waals surface area contributed by atoms with Gasteiger partial charge in [0.05, 0.1) is 12.2 Å². The number of halogens is 6. The Kier molecular flexibility index (Phi) is 5.62. The van der Waals surface area contributed by atoms with E-state index in [1.54, 1.807) is 6.92 Å². The summed E-state index contributed by atoms with van der Waals surface area (Å²) in [6.45, 7) is 2.16. The highest BCUT2D eigenvalue weighted by atomic mass is 19.3. The van der Waals surface area contributed by atoms with Crippen molar-refractivity contribution in [3.05, 3.63) is 94.1 Å². The highest BCUT2D eigenvalue weighted by Gasteiger charge is 2.37. The summed E-state index contributed by atoms with van der Waals surface area (Å²) >= 11 is 0. The molecule has 0 fully saturated rings. The van der Waals surface area contributed by atoms with E-state index < -0.39 is 40.5 Å². The third-order valence-electron chi connectivity index (χ3n) is 4.97. The van der Waals surface area contributed by atoms with Crippen LogP contribution in [0, 0.1) is 23.3 Å². The van der Waals surface area contributed by atoms with Crippen molar-refractivity contribution in [2.45, 2.75) is 19.5 Å². The average Bonchev–Trinajstić information content (AvgIpc) is 3.11. The lowest BCUT2D eigenvalue weighted by Gasteiger charge is -2.19. The van der Waals surface area contributed by atoms with Crippen molar-refractivity contribution in [2.24, 2.45) is 0 Å². The summed E-state index contributed by atoms with van der Waals surface area (Å²) in [5.41, 5.74) is -0.861. The highest BCUT2D eigenvalue weighted by molar-refractivity contribution is 5.89. The molecule has 0 radical (unpaired) electrons. The molecule has 2 nitrogen and oxygen atoms in total. The van der Waals surface area contributed by atoms with E-state index in [-0.39, 0.29) is 23.3 Å². The molecule has 0 saturated heterocycles. The minimum atomic E-state index is -4.02. The molecular formula is C24H16F6O2. The number of benzene rings is 3. The number of rotatable bonds is 6. The molecule has 0 heterocycles. The molecule has 0 atom stereocenters. The zero-order valence-corrected chi connectivity index (χ0v) is 16.7. The molecule has 3 aromatic rings. The van der Waals surface area contributed by atoms with E-state index in [4.69, 9.17) is 4.74 Å². The lowest BCUT2D eigenvalue weighted by molar-refractivity contribution is -0.185. The molecule has 4 rings (SSSR count). The summed E-state index contributed by atoms with van der Waals surface area (Å²) in [6, 6.07) is 8.18. The third-order valence-corrected chi connectivity index (χ3v) is 4.97. The maximum absolute atomic E-state index is 14.7. The first-order valence-corrected chi connectivity index (χ1v) is 9.66. The van der Waals surface area contributed by atoms with Crippen LogP contribution in [-0.4, -0.2) is 6.61 Å². The highest BCUT2D eigenvalue weighted by Crippen LogP contribution is 2.38. The maximum atomic E-state index is 14.7. The first kappa shape index (κ1) is 21.8. The van der Waals surface area contributed by atoms with Crippen LogP contribution >= 0.6 is 0 Å². The van der Waals surface area contributed by atoms with E-state index in [1.807, 2.05) is 0 Å². The standard InChI is InChI=1S/C24H16F6O2/c1-2-31-17-3-5-18(6-4-17)32-24(29,30)16-11-21(27)23(22(28)12-16)15-7-13-9-19(25)20(26)10-14(13)8-15/h3-7,9-12H,2,8H2,1H3. The van der Waals surface area contributed by atoms with Crippen LogP contribution in [0.1, 0.15) is 29.2 Å². The Hall–Kier alpha value is -3.42. The number of alkyl halides is 2. The average molecular weight is 450 g/mol. The molecule has 3 aromatic carbocycles. The fourth-order valence-electron chi connectivity index (χ4n) is 3.52. The molecule has 32 heavy (non-hydrogen) atoms. The summed E-state index contributed by atoms with van der Waals surface area (Å²) < 4.78 is 95.3. The monoisotopic (exact) mass is 450 g/mol. The number of hydrogen-bond donors (Lipinski definition) is 0. The van der Waals surface area contributed by atoms with Crippen LogP contribution < -0.4 is 9.47 Å². The summed E-state index contributed by atoms with van der Waals surface area (Å²) in [4.78, 5) is 0. The van der Waals surface area contributed by atoms with Gasteiger partial charge in [-0.2, -0.15) is 8.78 Å². The van der Waals surface area contributed by atoms with Gasteiger partial charge in [0, 0.05) is 5.56 Å². The maximum Gasteiger partial charge on any atom is 0.426 e. The van der Waals surface area contributed by atoms with Crippen molar-refractivity contribution in [1.82, 2.24) is 0 Å². The van der Waals surface area contributed by atoms with Crippen molar-refractivity contribution in [3.8, 4) is 11.5 Å². The smallest absolute Gasteiger partial charge is 0.426 e. The van der Waals surface area contributed by atoms with E-state index in [9.17, 15) is 26.3 Å². The van der Waals surface area contributed by atoms with E-state index in [2.05, 4.69) is 4.74 Å². The van der Waals surface area contributed by atoms with Crippen LogP contribution in [0.3, 0.4) is 0 Å². The van der Waals surface area contributed by atoms with Gasteiger partial charge >= 0.3 is 6.11 Å². The molecule has 0 saturated carbocycles. The van der Waals surface area contributed by atoms with Crippen LogP contribution in [0.4, 0.5) is 26.3 Å². The molecule has 1 aliphatic rings. The Balaban J connectivity index is 1.60. The Morgan fingerprint density at radius 1 is 0.812 bits per heavy atom. The van der Waals surface area contributed by atoms with Crippen LogP contribution in [0.2, 0.25) is 0 Å². The summed E-state index contributed by atoms with van der Waals surface area (Å²) in [7, 11) is 0. The van der Waals surface area contributed by atoms with E-state index in [0.717, 1.165) is 12.1 Å². The Morgan fingerprint density at radius 2 is 1.41 bits per heavy atom. The lowest BCUT2D eigenvalue weighted by atomic mass is 10.00. The van der Waals surface area contributed by atoms with Gasteiger partial charge in [-0.25, -0.2) is 17.6 Å². The lowest BCUT2D eigenvalue weighted by Crippen LogP contribution is -2.22. The zero-order chi connectivity index (χ0) is 23.0. The molecular weight excluding hydrogens is 434 g/mol. The SMILES string of the molecule is CCOc1ccc(OC(F)(F)c2cc(F)c(C3=Cc4cc(F)c(F)cc4C3)c(F)c2)cc1. The molecule has 8 heteroatoms. The van der Waals surface area contributed by atoms with Crippen LogP contribution in [-0.2, 0) is 12.5 Å². The number of ether oxygens (including phenoxy) is 2. The van der Waals surface area contributed by atoms with Crippen molar-refractivity contribution < 1.29 is 35.8 Å². The van der Waals surface area contributed by atoms with E-state index in [0.29, 0.717) is 30.1 Å². The summed E-state index contributed by atoms with van der Waals surface area (Å²) in [5, 5.41) is 0. The van der Waals surface area contributed by atoms with Gasteiger partial charge in [-0.15, -0.1) is 0 Å². The van der Waals surface area contributed by atoms with Crippen molar-refractivity contribution in [1.29, 1.82) is 0 Å². The second-order valence-corrected chi connectivity index (χ2v) is 7.15. The van der Waals surface area contributed by atoms with Crippen LogP contribution in [0.5, 0.6) is 11.5 Å². The van der Waals surface area contributed by atoms with E-state index in [1.165, 1.54) is 30.3 Å². The molecule has 1 aliphatic carbocycles. The topological polar surface area (TPSA) is 18.5 Å². The van der Waals surface area contributed by atoms with Gasteiger partial charge in [0.25, 0.3) is 0 Å². The quantitative estimate of drug-likeness (QED) is 0.382. The first-order valence-electron chi connectivity index (χ1n) is 9.66. The van der Waals surface area contributed by atoms with Gasteiger partial charge in [-0.1, -0.05) is 6.08 Å². The summed E-state index contributed by atoms with van der Waals surface area (Å²) in [6.07, 6.45) is -2.79. The molecule has 0 spiro atoms. The molecule has 0 N–H and O–H groups in total. The van der Waals surface area contributed by atoms with Gasteiger partial charge in [-0.05, 0) is 78.6 Å². The Labute approximate surface area is 179 Å². The number of allylic oxidation sites excluding steroid dienone is 1. The Morgan fingerprint density at radius 3 is 2.03 bits per heavy atom. The minimum absolute atomic E-state index is 0.0706.